The van der Waals surface area contributed by atoms with Crippen LogP contribution in [0.5, 0.6) is 0 Å². The highest BCUT2D eigenvalue weighted by molar-refractivity contribution is 6.31. The molecule has 0 unspecified atom stereocenters. The van der Waals surface area contributed by atoms with Gasteiger partial charge in [-0.3, -0.25) is 4.79 Å². The minimum atomic E-state index is -0.820. The van der Waals surface area contributed by atoms with Crippen LogP contribution in [0.15, 0.2) is 65.9 Å². The number of amides is 3. The number of carbonyl (C=O) groups excluding carboxylic acids is 2. The van der Waals surface area contributed by atoms with E-state index >= 15 is 0 Å². The second-order valence-corrected chi connectivity index (χ2v) is 7.43. The molecule has 1 atom stereocenters. The summed E-state index contributed by atoms with van der Waals surface area (Å²) in [7, 11) is 0. The van der Waals surface area contributed by atoms with Crippen LogP contribution >= 0.6 is 11.6 Å². The van der Waals surface area contributed by atoms with Gasteiger partial charge in [0.25, 0.3) is 5.91 Å². The Labute approximate surface area is 182 Å². The molecule has 158 valence electrons. The number of hydrogen-bond donors (Lipinski definition) is 3. The van der Waals surface area contributed by atoms with Gasteiger partial charge >= 0.3 is 6.03 Å². The summed E-state index contributed by atoms with van der Waals surface area (Å²) in [6.07, 6.45) is 0. The van der Waals surface area contributed by atoms with Crippen molar-refractivity contribution in [1.82, 2.24) is 20.4 Å². The molecule has 0 radical (unpaired) electrons. The number of nitrogens with one attached hydrogen (secondary N) is 3. The molecule has 4 rings (SSSR count). The van der Waals surface area contributed by atoms with Gasteiger partial charge in [-0.25, -0.2) is 13.9 Å². The fourth-order valence-corrected chi connectivity index (χ4v) is 3.90. The molecule has 3 N–H and O–H groups in total. The van der Waals surface area contributed by atoms with E-state index in [-0.39, 0.29) is 10.7 Å². The van der Waals surface area contributed by atoms with E-state index in [0.717, 1.165) is 5.69 Å². The second kappa shape index (κ2) is 8.23. The van der Waals surface area contributed by atoms with Crippen LogP contribution in [-0.4, -0.2) is 21.7 Å². The van der Waals surface area contributed by atoms with Crippen molar-refractivity contribution in [3.8, 4) is 5.69 Å². The van der Waals surface area contributed by atoms with E-state index in [0.29, 0.717) is 22.6 Å². The molecule has 1 aromatic heterocycles. The lowest BCUT2D eigenvalue weighted by molar-refractivity contribution is -0.113. The van der Waals surface area contributed by atoms with Crippen molar-refractivity contribution in [3.05, 3.63) is 88.1 Å². The number of aryl methyl sites for hydroxylation is 1. The molecule has 0 saturated carbocycles. The van der Waals surface area contributed by atoms with E-state index in [9.17, 15) is 14.0 Å². The van der Waals surface area contributed by atoms with E-state index in [1.807, 2.05) is 30.3 Å². The Morgan fingerprint density at radius 2 is 1.81 bits per heavy atom. The zero-order valence-corrected chi connectivity index (χ0v) is 17.5. The molecule has 2 aromatic carbocycles. The number of nitrogens with zero attached hydrogens (tertiary/aromatic N) is 2. The number of hydrogen-bond acceptors (Lipinski definition) is 3. The van der Waals surface area contributed by atoms with Crippen LogP contribution < -0.4 is 16.0 Å². The van der Waals surface area contributed by atoms with Crippen molar-refractivity contribution in [2.24, 2.45) is 0 Å². The lowest BCUT2D eigenvalue weighted by atomic mass is 9.95. The third-order valence-electron chi connectivity index (χ3n) is 4.95. The van der Waals surface area contributed by atoms with Gasteiger partial charge in [-0.15, -0.1) is 0 Å². The molecule has 0 aliphatic carbocycles. The minimum absolute atomic E-state index is 0.279. The second-order valence-electron chi connectivity index (χ2n) is 7.07. The van der Waals surface area contributed by atoms with E-state index in [4.69, 9.17) is 11.6 Å². The lowest BCUT2D eigenvalue weighted by Crippen LogP contribution is -2.46. The van der Waals surface area contributed by atoms with Gasteiger partial charge in [-0.2, -0.15) is 5.10 Å². The number of carbonyl (C=O) groups is 2. The predicted molar refractivity (Wildman–Crippen MR) is 115 cm³/mol. The molecule has 7 nitrogen and oxygen atoms in total. The van der Waals surface area contributed by atoms with Crippen LogP contribution in [0, 0.1) is 12.7 Å². The van der Waals surface area contributed by atoms with Crippen molar-refractivity contribution >= 4 is 29.2 Å². The summed E-state index contributed by atoms with van der Waals surface area (Å²) >= 11 is 6.67. The van der Waals surface area contributed by atoms with Gasteiger partial charge in [0.15, 0.2) is 0 Å². The number of urea groups is 1. The van der Waals surface area contributed by atoms with Crippen LogP contribution in [-0.2, 0) is 4.79 Å². The van der Waals surface area contributed by atoms with E-state index in [1.165, 1.54) is 24.3 Å². The molecule has 0 bridgehead atoms. The van der Waals surface area contributed by atoms with Crippen molar-refractivity contribution in [1.29, 1.82) is 0 Å². The Hall–Kier alpha value is -3.65. The maximum absolute atomic E-state index is 13.2. The van der Waals surface area contributed by atoms with Crippen LogP contribution in [0.1, 0.15) is 24.2 Å². The molecule has 0 fully saturated rings. The number of allylic oxidation sites excluding steroid dienone is 1. The normalized spacial score (nSPS) is 16.0. The average molecular weight is 440 g/mol. The quantitative estimate of drug-likeness (QED) is 0.568. The molecular formula is C22H19ClFN5O2. The van der Waals surface area contributed by atoms with Gasteiger partial charge < -0.3 is 16.0 Å². The van der Waals surface area contributed by atoms with E-state index in [1.54, 1.807) is 18.5 Å². The first-order valence-electron chi connectivity index (χ1n) is 9.51. The molecule has 0 saturated heterocycles. The summed E-state index contributed by atoms with van der Waals surface area (Å²) in [5.41, 5.74) is 2.92. The Bertz CT molecular complexity index is 1190. The number of para-hydroxylation sites is 1. The number of benzene rings is 2. The molecule has 0 spiro atoms. The number of halogens is 2. The summed E-state index contributed by atoms with van der Waals surface area (Å²) in [5.74, 6) is -0.863. The van der Waals surface area contributed by atoms with Crippen LogP contribution in [0.2, 0.25) is 5.15 Å². The van der Waals surface area contributed by atoms with Gasteiger partial charge in [0, 0.05) is 16.9 Å². The molecule has 1 aliphatic rings. The van der Waals surface area contributed by atoms with Gasteiger partial charge in [0.05, 0.1) is 23.0 Å². The largest absolute Gasteiger partial charge is 0.326 e. The smallest absolute Gasteiger partial charge is 0.319 e. The SMILES string of the molecule is CC1=C(C(=O)Nc2ccc(F)cc2)[C@H](c2c(C)nn(-c3ccccc3)c2Cl)NC(=O)N1. The van der Waals surface area contributed by atoms with Crippen molar-refractivity contribution in [2.45, 2.75) is 19.9 Å². The fourth-order valence-electron chi connectivity index (χ4n) is 3.52. The zero-order chi connectivity index (χ0) is 22.1. The molecular weight excluding hydrogens is 421 g/mol. The molecule has 3 amide bonds. The Balaban J connectivity index is 1.75. The third-order valence-corrected chi connectivity index (χ3v) is 5.32. The van der Waals surface area contributed by atoms with Crippen molar-refractivity contribution in [2.75, 3.05) is 5.32 Å². The van der Waals surface area contributed by atoms with Crippen LogP contribution in [0.3, 0.4) is 0 Å². The maximum atomic E-state index is 13.2. The van der Waals surface area contributed by atoms with Crippen LogP contribution in [0.25, 0.3) is 5.69 Å². The zero-order valence-electron chi connectivity index (χ0n) is 16.7. The van der Waals surface area contributed by atoms with Gasteiger partial charge in [-0.05, 0) is 50.2 Å². The predicted octanol–water partition coefficient (Wildman–Crippen LogP) is 4.24. The highest BCUT2D eigenvalue weighted by Crippen LogP contribution is 2.35. The number of aromatic nitrogens is 2. The van der Waals surface area contributed by atoms with Gasteiger partial charge in [-0.1, -0.05) is 29.8 Å². The van der Waals surface area contributed by atoms with Crippen molar-refractivity contribution < 1.29 is 14.0 Å². The topological polar surface area (TPSA) is 88.1 Å². The lowest BCUT2D eigenvalue weighted by Gasteiger charge is -2.28. The highest BCUT2D eigenvalue weighted by Gasteiger charge is 2.35. The molecule has 3 aromatic rings. The fraction of sp³-hybridized carbons (Fsp3) is 0.136. The number of anilines is 1. The minimum Gasteiger partial charge on any atom is -0.326 e. The summed E-state index contributed by atoms with van der Waals surface area (Å²) in [6, 6.07) is 13.4. The molecule has 2 heterocycles. The first-order valence-corrected chi connectivity index (χ1v) is 9.88. The summed E-state index contributed by atoms with van der Waals surface area (Å²) in [4.78, 5) is 25.3. The molecule has 31 heavy (non-hydrogen) atoms. The summed E-state index contributed by atoms with van der Waals surface area (Å²) in [6.45, 7) is 3.40. The summed E-state index contributed by atoms with van der Waals surface area (Å²) < 4.78 is 14.8. The molecule has 1 aliphatic heterocycles. The van der Waals surface area contributed by atoms with Gasteiger partial charge in [0.2, 0.25) is 0 Å². The number of rotatable bonds is 4. The first-order chi connectivity index (χ1) is 14.8. The highest BCUT2D eigenvalue weighted by atomic mass is 35.5. The van der Waals surface area contributed by atoms with Crippen LogP contribution in [0.4, 0.5) is 14.9 Å². The van der Waals surface area contributed by atoms with Crippen molar-refractivity contribution in [3.63, 3.8) is 0 Å². The first kappa shape index (κ1) is 20.6. The average Bonchev–Trinajstić information content (AvgIpc) is 3.03. The monoisotopic (exact) mass is 439 g/mol. The standard InChI is InChI=1S/C22H19ClFN5O2/c1-12-18(21(30)26-15-10-8-14(24)9-11-15)19(27-22(31)25-12)17-13(2)28-29(20(17)23)16-6-4-3-5-7-16/h3-11,19H,1-2H3,(H,26,30)(H2,25,27,31)/t19-/m0/s1. The van der Waals surface area contributed by atoms with E-state index in [2.05, 4.69) is 21.0 Å². The Morgan fingerprint density at radius 3 is 2.48 bits per heavy atom. The van der Waals surface area contributed by atoms with E-state index < -0.39 is 23.8 Å². The molecule has 9 heteroatoms. The Morgan fingerprint density at radius 1 is 1.13 bits per heavy atom. The summed E-state index contributed by atoms with van der Waals surface area (Å²) in [5, 5.41) is 12.9. The van der Waals surface area contributed by atoms with Gasteiger partial charge in [0.1, 0.15) is 11.0 Å². The maximum Gasteiger partial charge on any atom is 0.319 e. The Kier molecular flexibility index (Phi) is 5.48. The third kappa shape index (κ3) is 4.02.